The van der Waals surface area contributed by atoms with E-state index in [1.807, 2.05) is 17.0 Å². The number of hydrogen-bond acceptors (Lipinski definition) is 9. The Hall–Kier alpha value is -1.76. The molecular weight excluding hydrogens is 422 g/mol. The zero-order valence-electron chi connectivity index (χ0n) is 16.2. The van der Waals surface area contributed by atoms with Crippen LogP contribution < -0.4 is 19.1 Å². The van der Waals surface area contributed by atoms with Gasteiger partial charge < -0.3 is 24.0 Å². The Balaban J connectivity index is 0.00000300. The third kappa shape index (κ3) is 5.65. The molecule has 162 valence electrons. The van der Waals surface area contributed by atoms with Crippen LogP contribution in [0.3, 0.4) is 0 Å². The van der Waals surface area contributed by atoms with Gasteiger partial charge in [0.15, 0.2) is 11.5 Å². The minimum absolute atomic E-state index is 0. The van der Waals surface area contributed by atoms with Crippen LogP contribution >= 0.6 is 12.4 Å². The number of aromatic nitrogens is 2. The first-order chi connectivity index (χ1) is 13.5. The molecule has 2 N–H and O–H groups in total. The predicted molar refractivity (Wildman–Crippen MR) is 111 cm³/mol. The van der Waals surface area contributed by atoms with E-state index in [1.165, 1.54) is 6.33 Å². The SMILES string of the molecule is COc1cc2ncnc(N3CCCN(C(O)CNS(=O)[O-])CC3)c2cc1OC.Cl. The second kappa shape index (κ2) is 10.9. The molecule has 3 rings (SSSR count). The minimum Gasteiger partial charge on any atom is -0.760 e. The van der Waals surface area contributed by atoms with Crippen LogP contribution in [0.4, 0.5) is 5.82 Å². The van der Waals surface area contributed by atoms with Gasteiger partial charge in [-0.15, -0.1) is 12.4 Å². The van der Waals surface area contributed by atoms with Crippen molar-refractivity contribution in [2.75, 3.05) is 51.8 Å². The Morgan fingerprint density at radius 1 is 1.21 bits per heavy atom. The van der Waals surface area contributed by atoms with Crippen molar-refractivity contribution in [3.63, 3.8) is 0 Å². The minimum atomic E-state index is -2.39. The van der Waals surface area contributed by atoms with Gasteiger partial charge in [-0.1, -0.05) is 0 Å². The molecule has 0 amide bonds. The number of benzene rings is 1. The highest BCUT2D eigenvalue weighted by Gasteiger charge is 2.22. The summed E-state index contributed by atoms with van der Waals surface area (Å²) in [5.74, 6) is 2.00. The number of fused-ring (bicyclic) bond motifs is 1. The molecule has 1 aliphatic heterocycles. The summed E-state index contributed by atoms with van der Waals surface area (Å²) < 4.78 is 34.2. The smallest absolute Gasteiger partial charge is 0.162 e. The van der Waals surface area contributed by atoms with Crippen LogP contribution in [0, 0.1) is 0 Å². The number of aliphatic hydroxyl groups excluding tert-OH is 1. The van der Waals surface area contributed by atoms with Crippen molar-refractivity contribution in [1.29, 1.82) is 0 Å². The van der Waals surface area contributed by atoms with Gasteiger partial charge in [-0.3, -0.25) is 9.11 Å². The molecule has 1 fully saturated rings. The second-order valence-electron chi connectivity index (χ2n) is 6.36. The number of ether oxygens (including phenoxy) is 2. The summed E-state index contributed by atoms with van der Waals surface area (Å²) in [5, 5.41) is 11.1. The molecule has 1 aromatic heterocycles. The summed E-state index contributed by atoms with van der Waals surface area (Å²) in [6.07, 6.45) is 1.45. The Kier molecular flexibility index (Phi) is 8.80. The van der Waals surface area contributed by atoms with Crippen LogP contribution in [0.1, 0.15) is 6.42 Å². The van der Waals surface area contributed by atoms with Gasteiger partial charge in [-0.2, -0.15) is 0 Å². The van der Waals surface area contributed by atoms with Crippen molar-refractivity contribution >= 4 is 40.4 Å². The molecule has 2 heterocycles. The summed E-state index contributed by atoms with van der Waals surface area (Å²) >= 11 is -2.39. The first kappa shape index (κ1) is 23.5. The van der Waals surface area contributed by atoms with E-state index in [2.05, 4.69) is 19.6 Å². The second-order valence-corrected chi connectivity index (χ2v) is 7.12. The Morgan fingerprint density at radius 2 is 1.93 bits per heavy atom. The lowest BCUT2D eigenvalue weighted by atomic mass is 10.2. The first-order valence-corrected chi connectivity index (χ1v) is 9.97. The molecule has 1 saturated heterocycles. The lowest BCUT2D eigenvalue weighted by Gasteiger charge is -2.27. The molecule has 0 spiro atoms. The highest BCUT2D eigenvalue weighted by atomic mass is 35.5. The average Bonchev–Trinajstić information content (AvgIpc) is 2.96. The normalized spacial score (nSPS) is 17.3. The molecule has 12 heteroatoms. The number of methoxy groups -OCH3 is 2. The van der Waals surface area contributed by atoms with Gasteiger partial charge in [0.25, 0.3) is 0 Å². The quantitative estimate of drug-likeness (QED) is 0.577. The molecule has 0 aliphatic carbocycles. The maximum Gasteiger partial charge on any atom is 0.162 e. The monoisotopic (exact) mass is 446 g/mol. The third-order valence-electron chi connectivity index (χ3n) is 4.75. The lowest BCUT2D eigenvalue weighted by molar-refractivity contribution is 0.0131. The van der Waals surface area contributed by atoms with Crippen LogP contribution in [0.5, 0.6) is 11.5 Å². The first-order valence-electron chi connectivity index (χ1n) is 8.90. The van der Waals surface area contributed by atoms with Gasteiger partial charge in [0.05, 0.1) is 19.7 Å². The summed E-state index contributed by atoms with van der Waals surface area (Å²) in [4.78, 5) is 12.8. The Labute approximate surface area is 178 Å². The summed E-state index contributed by atoms with van der Waals surface area (Å²) in [6, 6.07) is 3.69. The number of aliphatic hydroxyl groups is 1. The number of rotatable bonds is 7. The van der Waals surface area contributed by atoms with Crippen LogP contribution in [0.15, 0.2) is 18.5 Å². The van der Waals surface area contributed by atoms with E-state index in [4.69, 9.17) is 9.47 Å². The summed E-state index contributed by atoms with van der Waals surface area (Å²) in [7, 11) is 3.17. The fraction of sp³-hybridized carbons (Fsp3) is 0.529. The van der Waals surface area contributed by atoms with Crippen LogP contribution in [-0.4, -0.2) is 81.9 Å². The number of anilines is 1. The molecule has 1 aromatic carbocycles. The molecule has 2 aromatic rings. The number of hydrogen-bond donors (Lipinski definition) is 2. The zero-order valence-corrected chi connectivity index (χ0v) is 17.9. The van der Waals surface area contributed by atoms with Crippen molar-refractivity contribution in [3.05, 3.63) is 18.5 Å². The molecule has 1 aliphatic rings. The van der Waals surface area contributed by atoms with E-state index in [1.54, 1.807) is 14.2 Å². The van der Waals surface area contributed by atoms with Gasteiger partial charge in [0.1, 0.15) is 18.4 Å². The van der Waals surface area contributed by atoms with E-state index < -0.39 is 17.5 Å². The Bertz CT molecular complexity index is 845. The number of nitrogens with one attached hydrogen (secondary N) is 1. The number of halogens is 1. The molecule has 2 unspecified atom stereocenters. The molecule has 2 atom stereocenters. The fourth-order valence-electron chi connectivity index (χ4n) is 3.34. The maximum absolute atomic E-state index is 10.6. The van der Waals surface area contributed by atoms with Gasteiger partial charge in [0.2, 0.25) is 0 Å². The van der Waals surface area contributed by atoms with Crippen molar-refractivity contribution < 1.29 is 23.3 Å². The molecule has 0 bridgehead atoms. The highest BCUT2D eigenvalue weighted by molar-refractivity contribution is 7.77. The van der Waals surface area contributed by atoms with Crippen LogP contribution in [0.25, 0.3) is 10.9 Å². The molecule has 10 nitrogen and oxygen atoms in total. The highest BCUT2D eigenvalue weighted by Crippen LogP contribution is 2.34. The molecule has 0 radical (unpaired) electrons. The summed E-state index contributed by atoms with van der Waals surface area (Å²) in [6.45, 7) is 2.59. The molecular formula is C17H25ClN5O5S-. The van der Waals surface area contributed by atoms with Crippen LogP contribution in [-0.2, 0) is 11.3 Å². The van der Waals surface area contributed by atoms with Crippen molar-refractivity contribution in [1.82, 2.24) is 19.6 Å². The van der Waals surface area contributed by atoms with E-state index in [-0.39, 0.29) is 19.0 Å². The molecule has 29 heavy (non-hydrogen) atoms. The third-order valence-corrected chi connectivity index (χ3v) is 5.16. The largest absolute Gasteiger partial charge is 0.760 e. The Morgan fingerprint density at radius 3 is 2.62 bits per heavy atom. The van der Waals surface area contributed by atoms with Crippen molar-refractivity contribution in [3.8, 4) is 11.5 Å². The van der Waals surface area contributed by atoms with Crippen molar-refractivity contribution in [2.24, 2.45) is 0 Å². The van der Waals surface area contributed by atoms with Gasteiger partial charge in [-0.25, -0.2) is 14.7 Å². The standard InChI is InChI=1S/C17H25N5O5S.ClH/c1-26-14-8-12-13(9-15(14)27-2)18-11-19-17(12)22-5-3-4-21(6-7-22)16(23)10-20-28(24)25;/h8-9,11,16,20,23H,3-7,10H2,1-2H3,(H,24,25);1H/p-1. The maximum atomic E-state index is 10.6. The predicted octanol–water partition coefficient (Wildman–Crippen LogP) is 0.283. The van der Waals surface area contributed by atoms with Gasteiger partial charge in [0, 0.05) is 55.4 Å². The topological polar surface area (TPSA) is 123 Å². The number of nitrogens with zero attached hydrogens (tertiary/aromatic N) is 4. The molecule has 0 saturated carbocycles. The van der Waals surface area contributed by atoms with Gasteiger partial charge >= 0.3 is 0 Å². The van der Waals surface area contributed by atoms with Crippen molar-refractivity contribution in [2.45, 2.75) is 12.6 Å². The van der Waals surface area contributed by atoms with E-state index in [0.29, 0.717) is 31.1 Å². The van der Waals surface area contributed by atoms with Gasteiger partial charge in [-0.05, 0) is 12.5 Å². The van der Waals surface area contributed by atoms with Crippen LogP contribution in [0.2, 0.25) is 0 Å². The van der Waals surface area contributed by atoms with E-state index in [9.17, 15) is 13.9 Å². The lowest BCUT2D eigenvalue weighted by Crippen LogP contribution is -2.44. The van der Waals surface area contributed by atoms with E-state index in [0.717, 1.165) is 29.7 Å². The fourth-order valence-corrected chi connectivity index (χ4v) is 3.63. The zero-order chi connectivity index (χ0) is 20.1. The average molecular weight is 447 g/mol. The summed E-state index contributed by atoms with van der Waals surface area (Å²) in [5.41, 5.74) is 0.755. The van der Waals surface area contributed by atoms with E-state index >= 15 is 0 Å².